The molecule has 1 heterocycles. The van der Waals surface area contributed by atoms with Crippen molar-refractivity contribution in [3.05, 3.63) is 81.6 Å². The van der Waals surface area contributed by atoms with Crippen molar-refractivity contribution in [2.75, 3.05) is 11.9 Å². The average Bonchev–Trinajstić information content (AvgIpc) is 3.00. The van der Waals surface area contributed by atoms with Crippen LogP contribution in [0.4, 0.5) is 5.69 Å². The SMILES string of the molecule is Cc1cccc(C)c1NCC(O)Cn1c(C=Cc2ccccc2)noc1=O. The molecule has 0 radical (unpaired) electrons. The van der Waals surface area contributed by atoms with Crippen molar-refractivity contribution >= 4 is 17.8 Å². The Morgan fingerprint density at radius 2 is 1.81 bits per heavy atom. The summed E-state index contributed by atoms with van der Waals surface area (Å²) in [5, 5.41) is 17.4. The van der Waals surface area contributed by atoms with Gasteiger partial charge in [0.15, 0.2) is 5.82 Å². The van der Waals surface area contributed by atoms with E-state index < -0.39 is 11.9 Å². The lowest BCUT2D eigenvalue weighted by molar-refractivity contribution is 0.163. The minimum Gasteiger partial charge on any atom is -0.389 e. The van der Waals surface area contributed by atoms with Gasteiger partial charge in [-0.05, 0) is 36.6 Å². The molecule has 1 aromatic heterocycles. The molecule has 0 fully saturated rings. The maximum Gasteiger partial charge on any atom is 0.441 e. The number of aliphatic hydroxyl groups is 1. The van der Waals surface area contributed by atoms with Crippen LogP contribution in [0, 0.1) is 13.8 Å². The molecule has 0 aliphatic rings. The van der Waals surface area contributed by atoms with E-state index in [2.05, 4.69) is 10.5 Å². The predicted octanol–water partition coefficient (Wildman–Crippen LogP) is 3.10. The molecule has 6 nitrogen and oxygen atoms in total. The van der Waals surface area contributed by atoms with E-state index in [1.54, 1.807) is 6.08 Å². The summed E-state index contributed by atoms with van der Waals surface area (Å²) in [5.74, 6) is -0.219. The summed E-state index contributed by atoms with van der Waals surface area (Å²) >= 11 is 0. The lowest BCUT2D eigenvalue weighted by Gasteiger charge is -2.16. The summed E-state index contributed by atoms with van der Waals surface area (Å²) in [6.07, 6.45) is 2.77. The molecule has 3 rings (SSSR count). The van der Waals surface area contributed by atoms with E-state index in [9.17, 15) is 9.90 Å². The van der Waals surface area contributed by atoms with Gasteiger partial charge < -0.3 is 10.4 Å². The standard InChI is InChI=1S/C21H23N3O3/c1-15-7-6-8-16(2)20(15)22-13-18(25)14-24-19(23-27-21(24)26)12-11-17-9-4-3-5-10-17/h3-12,18,22,25H,13-14H2,1-2H3. The molecule has 0 spiro atoms. The molecule has 0 saturated carbocycles. The molecule has 0 aliphatic heterocycles. The summed E-state index contributed by atoms with van der Waals surface area (Å²) in [6.45, 7) is 4.43. The second kappa shape index (κ2) is 8.51. The van der Waals surface area contributed by atoms with Crippen molar-refractivity contribution in [3.8, 4) is 0 Å². The van der Waals surface area contributed by atoms with Gasteiger partial charge in [-0.25, -0.2) is 4.79 Å². The third-order valence-electron chi connectivity index (χ3n) is 4.33. The van der Waals surface area contributed by atoms with Gasteiger partial charge in [0.05, 0.1) is 12.6 Å². The van der Waals surface area contributed by atoms with Crippen molar-refractivity contribution in [1.82, 2.24) is 9.72 Å². The van der Waals surface area contributed by atoms with Gasteiger partial charge in [0.2, 0.25) is 0 Å². The number of aromatic nitrogens is 2. The Labute approximate surface area is 157 Å². The zero-order valence-electron chi connectivity index (χ0n) is 15.4. The fraction of sp³-hybridized carbons (Fsp3) is 0.238. The Bertz CT molecular complexity index is 954. The molecule has 2 N–H and O–H groups in total. The number of benzene rings is 2. The quantitative estimate of drug-likeness (QED) is 0.672. The Morgan fingerprint density at radius 3 is 2.52 bits per heavy atom. The first-order valence-corrected chi connectivity index (χ1v) is 8.82. The number of rotatable bonds is 7. The van der Waals surface area contributed by atoms with Crippen molar-refractivity contribution < 1.29 is 9.63 Å². The highest BCUT2D eigenvalue weighted by Crippen LogP contribution is 2.19. The normalized spacial score (nSPS) is 12.4. The summed E-state index contributed by atoms with van der Waals surface area (Å²) in [6, 6.07) is 15.7. The van der Waals surface area contributed by atoms with Crippen LogP contribution < -0.4 is 11.1 Å². The zero-order chi connectivity index (χ0) is 19.2. The third kappa shape index (κ3) is 4.74. The number of nitrogens with one attached hydrogen (secondary N) is 1. The summed E-state index contributed by atoms with van der Waals surface area (Å²) in [5.41, 5.74) is 4.20. The van der Waals surface area contributed by atoms with Crippen LogP contribution in [0.25, 0.3) is 12.2 Å². The van der Waals surface area contributed by atoms with Gasteiger partial charge in [0.1, 0.15) is 0 Å². The van der Waals surface area contributed by atoms with Crippen LogP contribution in [-0.4, -0.2) is 27.5 Å². The minimum atomic E-state index is -0.773. The van der Waals surface area contributed by atoms with E-state index in [0.717, 1.165) is 22.4 Å². The van der Waals surface area contributed by atoms with Gasteiger partial charge in [-0.1, -0.05) is 59.8 Å². The van der Waals surface area contributed by atoms with Crippen molar-refractivity contribution in [1.29, 1.82) is 0 Å². The molecule has 3 aromatic rings. The third-order valence-corrected chi connectivity index (χ3v) is 4.33. The topological polar surface area (TPSA) is 80.3 Å². The van der Waals surface area contributed by atoms with E-state index >= 15 is 0 Å². The van der Waals surface area contributed by atoms with Crippen LogP contribution in [0.2, 0.25) is 0 Å². The highest BCUT2D eigenvalue weighted by Gasteiger charge is 2.14. The van der Waals surface area contributed by atoms with Crippen LogP contribution in [0.5, 0.6) is 0 Å². The smallest absolute Gasteiger partial charge is 0.389 e. The van der Waals surface area contributed by atoms with E-state index in [-0.39, 0.29) is 6.54 Å². The average molecular weight is 365 g/mol. The number of para-hydroxylation sites is 1. The van der Waals surface area contributed by atoms with Crippen molar-refractivity contribution in [2.24, 2.45) is 0 Å². The van der Waals surface area contributed by atoms with Crippen molar-refractivity contribution in [3.63, 3.8) is 0 Å². The number of aliphatic hydroxyl groups excluding tert-OH is 1. The molecule has 0 bridgehead atoms. The molecule has 2 aromatic carbocycles. The van der Waals surface area contributed by atoms with Gasteiger partial charge >= 0.3 is 5.76 Å². The maximum atomic E-state index is 11.9. The summed E-state index contributed by atoms with van der Waals surface area (Å²) in [4.78, 5) is 11.9. The molecule has 1 atom stereocenters. The van der Waals surface area contributed by atoms with Crippen LogP contribution in [0.3, 0.4) is 0 Å². The molecule has 1 unspecified atom stereocenters. The fourth-order valence-electron chi connectivity index (χ4n) is 2.89. The predicted molar refractivity (Wildman–Crippen MR) is 107 cm³/mol. The molecule has 0 amide bonds. The highest BCUT2D eigenvalue weighted by atomic mass is 16.5. The van der Waals surface area contributed by atoms with Gasteiger partial charge in [0.25, 0.3) is 0 Å². The van der Waals surface area contributed by atoms with Crippen molar-refractivity contribution in [2.45, 2.75) is 26.5 Å². The zero-order valence-corrected chi connectivity index (χ0v) is 15.4. The number of hydrogen-bond acceptors (Lipinski definition) is 5. The van der Waals surface area contributed by atoms with Gasteiger partial charge in [-0.3, -0.25) is 9.09 Å². The molecule has 6 heteroatoms. The fourth-order valence-corrected chi connectivity index (χ4v) is 2.89. The molecular weight excluding hydrogens is 342 g/mol. The Balaban J connectivity index is 1.68. The number of aryl methyl sites for hydroxylation is 2. The Morgan fingerprint density at radius 1 is 1.11 bits per heavy atom. The van der Waals surface area contributed by atoms with E-state index in [4.69, 9.17) is 4.52 Å². The monoisotopic (exact) mass is 365 g/mol. The maximum absolute atomic E-state index is 11.9. The van der Waals surface area contributed by atoms with E-state index in [1.165, 1.54) is 4.57 Å². The van der Waals surface area contributed by atoms with Crippen LogP contribution in [-0.2, 0) is 6.54 Å². The Hall–Kier alpha value is -3.12. The van der Waals surface area contributed by atoms with Gasteiger partial charge in [0, 0.05) is 12.2 Å². The van der Waals surface area contributed by atoms with E-state index in [1.807, 2.05) is 68.5 Å². The lowest BCUT2D eigenvalue weighted by atomic mass is 10.1. The molecule has 140 valence electrons. The molecule has 27 heavy (non-hydrogen) atoms. The summed E-state index contributed by atoms with van der Waals surface area (Å²) < 4.78 is 6.09. The second-order valence-corrected chi connectivity index (χ2v) is 6.46. The number of hydrogen-bond donors (Lipinski definition) is 2. The first-order valence-electron chi connectivity index (χ1n) is 8.82. The summed E-state index contributed by atoms with van der Waals surface area (Å²) in [7, 11) is 0. The second-order valence-electron chi connectivity index (χ2n) is 6.46. The van der Waals surface area contributed by atoms with E-state index in [0.29, 0.717) is 12.4 Å². The minimum absolute atomic E-state index is 0.0920. The largest absolute Gasteiger partial charge is 0.441 e. The molecule has 0 saturated heterocycles. The molecular formula is C21H23N3O3. The van der Waals surface area contributed by atoms with Crippen LogP contribution in [0.1, 0.15) is 22.5 Å². The van der Waals surface area contributed by atoms with Crippen LogP contribution >= 0.6 is 0 Å². The first kappa shape index (κ1) is 18.7. The number of anilines is 1. The van der Waals surface area contributed by atoms with Crippen LogP contribution in [0.15, 0.2) is 57.8 Å². The van der Waals surface area contributed by atoms with Gasteiger partial charge in [-0.15, -0.1) is 0 Å². The highest BCUT2D eigenvalue weighted by molar-refractivity contribution is 5.66. The van der Waals surface area contributed by atoms with Gasteiger partial charge in [-0.2, -0.15) is 0 Å². The first-order chi connectivity index (χ1) is 13.0. The lowest BCUT2D eigenvalue weighted by Crippen LogP contribution is -2.30. The molecule has 0 aliphatic carbocycles. The number of nitrogens with zero attached hydrogens (tertiary/aromatic N) is 2. The Kier molecular flexibility index (Phi) is 5.88.